The molecule has 8 nitrogen and oxygen atoms in total. The van der Waals surface area contributed by atoms with E-state index in [1.807, 2.05) is 54.6 Å². The molecule has 3 rings (SSSR count). The summed E-state index contributed by atoms with van der Waals surface area (Å²) in [5, 5.41) is 15.0. The van der Waals surface area contributed by atoms with Gasteiger partial charge in [0.15, 0.2) is 0 Å². The second kappa shape index (κ2) is 12.3. The van der Waals surface area contributed by atoms with Gasteiger partial charge in [0.25, 0.3) is 0 Å². The van der Waals surface area contributed by atoms with Crippen LogP contribution in [0, 0.1) is 0 Å². The maximum Gasteiger partial charge on any atom is 0.317 e. The van der Waals surface area contributed by atoms with Gasteiger partial charge >= 0.3 is 6.03 Å². The molecule has 3 aromatic rings. The van der Waals surface area contributed by atoms with Gasteiger partial charge in [0.1, 0.15) is 5.01 Å². The first-order chi connectivity index (χ1) is 15.5. The molecule has 2 aromatic carbocycles. The third-order valence-electron chi connectivity index (χ3n) is 4.51. The molecule has 0 aliphatic heterocycles. The quantitative estimate of drug-likeness (QED) is 0.421. The van der Waals surface area contributed by atoms with Crippen molar-refractivity contribution in [3.63, 3.8) is 0 Å². The number of ether oxygens (including phenoxy) is 1. The molecular formula is C22H24BrN5O3S. The van der Waals surface area contributed by atoms with E-state index < -0.39 is 0 Å². The van der Waals surface area contributed by atoms with Gasteiger partial charge in [0.05, 0.1) is 6.61 Å². The van der Waals surface area contributed by atoms with Crippen LogP contribution in [0.3, 0.4) is 0 Å². The monoisotopic (exact) mass is 517 g/mol. The summed E-state index contributed by atoms with van der Waals surface area (Å²) in [6.07, 6.45) is 0.135. The highest BCUT2D eigenvalue weighted by Crippen LogP contribution is 2.27. The SMILES string of the molecule is COCCN(CCC(=O)Nc1nnc(-c2ccc(Br)cc2)s1)C(=O)NCc1ccccc1. The second-order valence-electron chi connectivity index (χ2n) is 6.84. The van der Waals surface area contributed by atoms with Gasteiger partial charge < -0.3 is 20.3 Å². The zero-order valence-corrected chi connectivity index (χ0v) is 20.0. The van der Waals surface area contributed by atoms with Crippen LogP contribution in [0.25, 0.3) is 10.6 Å². The van der Waals surface area contributed by atoms with Crippen molar-refractivity contribution < 1.29 is 14.3 Å². The number of hydrogen-bond donors (Lipinski definition) is 2. The van der Waals surface area contributed by atoms with E-state index in [4.69, 9.17) is 4.74 Å². The number of anilines is 1. The number of halogens is 1. The maximum atomic E-state index is 12.6. The van der Waals surface area contributed by atoms with Crippen LogP contribution in [-0.4, -0.2) is 53.8 Å². The molecule has 1 aromatic heterocycles. The van der Waals surface area contributed by atoms with Crippen molar-refractivity contribution >= 4 is 44.3 Å². The molecule has 2 N–H and O–H groups in total. The van der Waals surface area contributed by atoms with Crippen LogP contribution in [-0.2, 0) is 16.1 Å². The first-order valence-corrected chi connectivity index (χ1v) is 11.6. The van der Waals surface area contributed by atoms with Gasteiger partial charge in [0.2, 0.25) is 11.0 Å². The van der Waals surface area contributed by atoms with Crippen molar-refractivity contribution in [1.82, 2.24) is 20.4 Å². The molecule has 168 valence electrons. The topological polar surface area (TPSA) is 96.4 Å². The largest absolute Gasteiger partial charge is 0.383 e. The van der Waals surface area contributed by atoms with Crippen LogP contribution in [0.5, 0.6) is 0 Å². The Morgan fingerprint density at radius 3 is 2.53 bits per heavy atom. The smallest absolute Gasteiger partial charge is 0.317 e. The van der Waals surface area contributed by atoms with Gasteiger partial charge in [-0.3, -0.25) is 4.79 Å². The Morgan fingerprint density at radius 2 is 1.81 bits per heavy atom. The Kier molecular flexibility index (Phi) is 9.14. The van der Waals surface area contributed by atoms with Crippen LogP contribution >= 0.6 is 27.3 Å². The van der Waals surface area contributed by atoms with E-state index in [9.17, 15) is 9.59 Å². The Hall–Kier alpha value is -2.82. The first-order valence-electron chi connectivity index (χ1n) is 10.00. The third-order valence-corrected chi connectivity index (χ3v) is 5.93. The van der Waals surface area contributed by atoms with Crippen LogP contribution < -0.4 is 10.6 Å². The highest BCUT2D eigenvalue weighted by molar-refractivity contribution is 9.10. The van der Waals surface area contributed by atoms with Crippen molar-refractivity contribution in [2.45, 2.75) is 13.0 Å². The first kappa shape index (κ1) is 23.8. The van der Waals surface area contributed by atoms with Gasteiger partial charge in [0, 0.05) is 43.2 Å². The molecule has 0 spiro atoms. The van der Waals surface area contributed by atoms with E-state index in [1.165, 1.54) is 11.3 Å². The van der Waals surface area contributed by atoms with Gasteiger partial charge in [-0.05, 0) is 17.7 Å². The Morgan fingerprint density at radius 1 is 1.06 bits per heavy atom. The molecule has 0 aliphatic carbocycles. The summed E-state index contributed by atoms with van der Waals surface area (Å²) in [5.41, 5.74) is 1.93. The molecule has 1 heterocycles. The molecule has 0 radical (unpaired) electrons. The van der Waals surface area contributed by atoms with E-state index in [0.29, 0.717) is 24.8 Å². The maximum absolute atomic E-state index is 12.6. The van der Waals surface area contributed by atoms with Crippen molar-refractivity contribution in [1.29, 1.82) is 0 Å². The Bertz CT molecular complexity index is 1010. The zero-order valence-electron chi connectivity index (χ0n) is 17.6. The highest BCUT2D eigenvalue weighted by Gasteiger charge is 2.16. The average Bonchev–Trinajstić information content (AvgIpc) is 3.27. The van der Waals surface area contributed by atoms with Crippen molar-refractivity contribution in [2.24, 2.45) is 0 Å². The van der Waals surface area contributed by atoms with Crippen LogP contribution in [0.1, 0.15) is 12.0 Å². The van der Waals surface area contributed by atoms with E-state index in [2.05, 4.69) is 36.8 Å². The van der Waals surface area contributed by atoms with Gasteiger partial charge in [-0.15, -0.1) is 10.2 Å². The molecule has 0 saturated carbocycles. The zero-order chi connectivity index (χ0) is 22.8. The van der Waals surface area contributed by atoms with Crippen LogP contribution in [0.2, 0.25) is 0 Å². The molecule has 0 saturated heterocycles. The Balaban J connectivity index is 1.51. The minimum Gasteiger partial charge on any atom is -0.383 e. The normalized spacial score (nSPS) is 10.6. The molecule has 0 bridgehead atoms. The summed E-state index contributed by atoms with van der Waals surface area (Å²) >= 11 is 4.70. The number of benzene rings is 2. The van der Waals surface area contributed by atoms with Gasteiger partial charge in [-0.25, -0.2) is 4.79 Å². The number of methoxy groups -OCH3 is 1. The number of aromatic nitrogens is 2. The van der Waals surface area contributed by atoms with Gasteiger partial charge in [-0.1, -0.05) is 69.7 Å². The van der Waals surface area contributed by atoms with Crippen LogP contribution in [0.15, 0.2) is 59.1 Å². The Labute approximate surface area is 199 Å². The number of nitrogens with one attached hydrogen (secondary N) is 2. The number of amides is 3. The van der Waals surface area contributed by atoms with E-state index in [1.54, 1.807) is 12.0 Å². The molecule has 3 amide bonds. The highest BCUT2D eigenvalue weighted by atomic mass is 79.9. The molecule has 0 atom stereocenters. The predicted molar refractivity (Wildman–Crippen MR) is 128 cm³/mol. The minimum atomic E-state index is -0.243. The fourth-order valence-electron chi connectivity index (χ4n) is 2.80. The summed E-state index contributed by atoms with van der Waals surface area (Å²) in [7, 11) is 1.57. The number of urea groups is 1. The van der Waals surface area contributed by atoms with Crippen molar-refractivity contribution in [3.05, 3.63) is 64.6 Å². The number of nitrogens with zero attached hydrogens (tertiary/aromatic N) is 3. The number of rotatable bonds is 10. The lowest BCUT2D eigenvalue weighted by atomic mass is 10.2. The van der Waals surface area contributed by atoms with Crippen LogP contribution in [0.4, 0.5) is 9.93 Å². The number of carbonyl (C=O) groups excluding carboxylic acids is 2. The molecule has 32 heavy (non-hydrogen) atoms. The summed E-state index contributed by atoms with van der Waals surface area (Å²) in [4.78, 5) is 26.6. The van der Waals surface area contributed by atoms with E-state index in [-0.39, 0.29) is 24.9 Å². The second-order valence-corrected chi connectivity index (χ2v) is 8.73. The van der Waals surface area contributed by atoms with E-state index >= 15 is 0 Å². The lowest BCUT2D eigenvalue weighted by Crippen LogP contribution is -2.42. The van der Waals surface area contributed by atoms with Crippen molar-refractivity contribution in [3.8, 4) is 10.6 Å². The molecule has 0 aliphatic rings. The summed E-state index contributed by atoms with van der Waals surface area (Å²) in [5.74, 6) is -0.234. The summed E-state index contributed by atoms with van der Waals surface area (Å²) in [6.45, 7) is 1.44. The van der Waals surface area contributed by atoms with E-state index in [0.717, 1.165) is 20.6 Å². The average molecular weight is 518 g/mol. The lowest BCUT2D eigenvalue weighted by Gasteiger charge is -2.22. The minimum absolute atomic E-state index is 0.135. The lowest BCUT2D eigenvalue weighted by molar-refractivity contribution is -0.116. The number of carbonyl (C=O) groups is 2. The predicted octanol–water partition coefficient (Wildman–Crippen LogP) is 4.15. The third kappa shape index (κ3) is 7.40. The fourth-order valence-corrected chi connectivity index (χ4v) is 3.83. The fraction of sp³-hybridized carbons (Fsp3) is 0.273. The summed E-state index contributed by atoms with van der Waals surface area (Å²) in [6, 6.07) is 17.1. The van der Waals surface area contributed by atoms with Gasteiger partial charge in [-0.2, -0.15) is 0 Å². The number of hydrogen-bond acceptors (Lipinski definition) is 6. The molecule has 10 heteroatoms. The standard InChI is InChI=1S/C22H24BrN5O3S/c1-31-14-13-28(22(30)24-15-16-5-3-2-4-6-16)12-11-19(29)25-21-27-26-20(32-21)17-7-9-18(23)10-8-17/h2-10H,11-15H2,1H3,(H,24,30)(H,25,27,29). The molecular weight excluding hydrogens is 494 g/mol. The van der Waals surface area contributed by atoms with Crippen molar-refractivity contribution in [2.75, 3.05) is 32.1 Å². The molecule has 0 unspecified atom stereocenters. The molecule has 0 fully saturated rings. The summed E-state index contributed by atoms with van der Waals surface area (Å²) < 4.78 is 6.08.